The smallest absolute Gasteiger partial charge is 0.257 e. The molecule has 0 fully saturated rings. The summed E-state index contributed by atoms with van der Waals surface area (Å²) in [5.74, 6) is 1.31. The first-order chi connectivity index (χ1) is 14.1. The number of hydrogen-bond acceptors (Lipinski definition) is 4. The van der Waals surface area contributed by atoms with Gasteiger partial charge in [-0.2, -0.15) is 0 Å². The molecule has 0 aliphatic carbocycles. The molecule has 2 aromatic carbocycles. The van der Waals surface area contributed by atoms with Crippen LogP contribution in [0.3, 0.4) is 0 Å². The lowest BCUT2D eigenvalue weighted by Gasteiger charge is -2.22. The number of benzene rings is 2. The fourth-order valence-corrected chi connectivity index (χ4v) is 3.51. The number of phenolic OH excluding ortho intramolecular Hbond substituents is 1. The molecular formula is C25H36N2O3. The number of hydrogen-bond donors (Lipinski definition) is 3. The van der Waals surface area contributed by atoms with Gasteiger partial charge in [0.05, 0.1) is 0 Å². The van der Waals surface area contributed by atoms with E-state index in [4.69, 9.17) is 10.5 Å². The van der Waals surface area contributed by atoms with Crippen molar-refractivity contribution in [3.05, 3.63) is 58.7 Å². The van der Waals surface area contributed by atoms with Crippen molar-refractivity contribution in [2.24, 2.45) is 11.7 Å². The van der Waals surface area contributed by atoms with E-state index in [1.54, 1.807) is 0 Å². The minimum absolute atomic E-state index is 0.0594. The standard InChI is InChI=1S/C25H36N2O3/c1-17(2)14-19-9-6-10-20(24(19)30-16-22(28)27-13-12-26)15-18-8-7-11-21(23(18)29)25(3,4)5/h6-11,17,29H,12-16,26H2,1-5H3,(H,27,28). The molecule has 5 nitrogen and oxygen atoms in total. The second-order valence-corrected chi connectivity index (χ2v) is 9.17. The maximum Gasteiger partial charge on any atom is 0.257 e. The summed E-state index contributed by atoms with van der Waals surface area (Å²) < 4.78 is 6.00. The van der Waals surface area contributed by atoms with Gasteiger partial charge in [0.15, 0.2) is 6.61 Å². The van der Waals surface area contributed by atoms with Gasteiger partial charge in [-0.15, -0.1) is 0 Å². The van der Waals surface area contributed by atoms with Crippen molar-refractivity contribution in [1.82, 2.24) is 5.32 Å². The van der Waals surface area contributed by atoms with Crippen molar-refractivity contribution in [3.8, 4) is 11.5 Å². The summed E-state index contributed by atoms with van der Waals surface area (Å²) >= 11 is 0. The van der Waals surface area contributed by atoms with Crippen molar-refractivity contribution >= 4 is 5.91 Å². The largest absolute Gasteiger partial charge is 0.507 e. The SMILES string of the molecule is CC(C)Cc1cccc(Cc2cccc(C(C)(C)C)c2O)c1OCC(=O)NCCN. The highest BCUT2D eigenvalue weighted by Gasteiger charge is 2.21. The Bertz CT molecular complexity index is 854. The molecule has 1 amide bonds. The van der Waals surface area contributed by atoms with Gasteiger partial charge in [-0.25, -0.2) is 0 Å². The van der Waals surface area contributed by atoms with Gasteiger partial charge in [0.25, 0.3) is 5.91 Å². The van der Waals surface area contributed by atoms with Crippen LogP contribution >= 0.6 is 0 Å². The van der Waals surface area contributed by atoms with Gasteiger partial charge in [0.2, 0.25) is 0 Å². The Hall–Kier alpha value is -2.53. The first-order valence-electron chi connectivity index (χ1n) is 10.6. The maximum absolute atomic E-state index is 12.1. The normalized spacial score (nSPS) is 11.6. The van der Waals surface area contributed by atoms with E-state index in [0.717, 1.165) is 34.4 Å². The van der Waals surface area contributed by atoms with E-state index in [2.05, 4.69) is 39.9 Å². The Morgan fingerprint density at radius 3 is 2.37 bits per heavy atom. The molecule has 4 N–H and O–H groups in total. The van der Waals surface area contributed by atoms with Gasteiger partial charge in [-0.05, 0) is 40.0 Å². The van der Waals surface area contributed by atoms with Gasteiger partial charge in [-0.1, -0.05) is 71.0 Å². The lowest BCUT2D eigenvalue weighted by Crippen LogP contribution is -2.33. The molecule has 0 aliphatic rings. The quantitative estimate of drug-likeness (QED) is 0.583. The maximum atomic E-state index is 12.1. The molecule has 5 heteroatoms. The van der Waals surface area contributed by atoms with Crippen LogP contribution in [0.15, 0.2) is 36.4 Å². The third-order valence-electron chi connectivity index (χ3n) is 4.93. The van der Waals surface area contributed by atoms with Crippen LogP contribution in [0.25, 0.3) is 0 Å². The minimum atomic E-state index is -0.191. The highest BCUT2D eigenvalue weighted by molar-refractivity contribution is 5.77. The summed E-state index contributed by atoms with van der Waals surface area (Å²) in [6.07, 6.45) is 1.38. The summed E-state index contributed by atoms with van der Waals surface area (Å²) in [5, 5.41) is 13.6. The zero-order chi connectivity index (χ0) is 22.3. The molecule has 0 bridgehead atoms. The molecule has 2 aromatic rings. The number of ether oxygens (including phenoxy) is 1. The van der Waals surface area contributed by atoms with Gasteiger partial charge < -0.3 is 20.9 Å². The fourth-order valence-electron chi connectivity index (χ4n) is 3.51. The van der Waals surface area contributed by atoms with Crippen LogP contribution in [0.1, 0.15) is 56.9 Å². The summed E-state index contributed by atoms with van der Waals surface area (Å²) in [7, 11) is 0. The first kappa shape index (κ1) is 23.7. The molecule has 0 heterocycles. The van der Waals surface area contributed by atoms with E-state index in [9.17, 15) is 9.90 Å². The third kappa shape index (κ3) is 6.49. The van der Waals surface area contributed by atoms with Crippen LogP contribution in [-0.4, -0.2) is 30.7 Å². The van der Waals surface area contributed by atoms with Crippen molar-refractivity contribution in [2.75, 3.05) is 19.7 Å². The average molecular weight is 413 g/mol. The molecule has 0 atom stereocenters. The zero-order valence-electron chi connectivity index (χ0n) is 18.9. The van der Waals surface area contributed by atoms with E-state index in [1.807, 2.05) is 36.4 Å². The number of carbonyl (C=O) groups is 1. The van der Waals surface area contributed by atoms with Crippen LogP contribution in [-0.2, 0) is 23.1 Å². The topological polar surface area (TPSA) is 84.6 Å². The van der Waals surface area contributed by atoms with Crippen LogP contribution in [0.5, 0.6) is 11.5 Å². The molecule has 0 aromatic heterocycles. The van der Waals surface area contributed by atoms with Gasteiger partial charge in [0.1, 0.15) is 11.5 Å². The molecule has 0 spiro atoms. The molecule has 2 rings (SSSR count). The minimum Gasteiger partial charge on any atom is -0.507 e. The summed E-state index contributed by atoms with van der Waals surface area (Å²) in [6, 6.07) is 11.9. The lowest BCUT2D eigenvalue weighted by molar-refractivity contribution is -0.123. The number of aromatic hydroxyl groups is 1. The number of rotatable bonds is 9. The van der Waals surface area contributed by atoms with E-state index in [1.165, 1.54) is 0 Å². The number of amides is 1. The number of nitrogens with one attached hydrogen (secondary N) is 1. The molecule has 30 heavy (non-hydrogen) atoms. The molecule has 0 aliphatic heterocycles. The summed E-state index contributed by atoms with van der Waals surface area (Å²) in [4.78, 5) is 12.1. The van der Waals surface area contributed by atoms with E-state index >= 15 is 0 Å². The summed E-state index contributed by atoms with van der Waals surface area (Å²) in [5.41, 5.74) is 9.09. The zero-order valence-corrected chi connectivity index (χ0v) is 18.9. The Balaban J connectivity index is 2.36. The Labute approximate surface area is 180 Å². The van der Waals surface area contributed by atoms with E-state index in [0.29, 0.717) is 31.2 Å². The number of phenols is 1. The number of nitrogens with two attached hydrogens (primary N) is 1. The van der Waals surface area contributed by atoms with Crippen molar-refractivity contribution in [3.63, 3.8) is 0 Å². The van der Waals surface area contributed by atoms with E-state index in [-0.39, 0.29) is 17.9 Å². The Morgan fingerprint density at radius 2 is 1.73 bits per heavy atom. The van der Waals surface area contributed by atoms with Crippen LogP contribution in [0.4, 0.5) is 0 Å². The third-order valence-corrected chi connectivity index (χ3v) is 4.93. The van der Waals surface area contributed by atoms with Gasteiger partial charge in [0, 0.05) is 19.5 Å². The van der Waals surface area contributed by atoms with Gasteiger partial charge in [-0.3, -0.25) is 4.79 Å². The molecular weight excluding hydrogens is 376 g/mol. The first-order valence-corrected chi connectivity index (χ1v) is 10.6. The second kappa shape index (κ2) is 10.5. The second-order valence-electron chi connectivity index (χ2n) is 9.17. The highest BCUT2D eigenvalue weighted by atomic mass is 16.5. The lowest BCUT2D eigenvalue weighted by atomic mass is 9.84. The van der Waals surface area contributed by atoms with Crippen molar-refractivity contribution in [2.45, 2.75) is 52.9 Å². The van der Waals surface area contributed by atoms with E-state index < -0.39 is 0 Å². The number of carbonyl (C=O) groups excluding carboxylic acids is 1. The van der Waals surface area contributed by atoms with Crippen molar-refractivity contribution < 1.29 is 14.6 Å². The molecule has 0 radical (unpaired) electrons. The monoisotopic (exact) mass is 412 g/mol. The van der Waals surface area contributed by atoms with Crippen molar-refractivity contribution in [1.29, 1.82) is 0 Å². The fraction of sp³-hybridized carbons (Fsp3) is 0.480. The molecule has 0 saturated carbocycles. The molecule has 0 unspecified atom stereocenters. The predicted molar refractivity (Wildman–Crippen MR) is 122 cm³/mol. The number of para-hydroxylation sites is 2. The summed E-state index contributed by atoms with van der Waals surface area (Å²) in [6.45, 7) is 11.3. The molecule has 0 saturated heterocycles. The predicted octanol–water partition coefficient (Wildman–Crippen LogP) is 3.93. The molecule has 164 valence electrons. The van der Waals surface area contributed by atoms with Crippen LogP contribution < -0.4 is 15.8 Å². The highest BCUT2D eigenvalue weighted by Crippen LogP contribution is 2.36. The van der Waals surface area contributed by atoms with Crippen LogP contribution in [0, 0.1) is 5.92 Å². The van der Waals surface area contributed by atoms with Crippen LogP contribution in [0.2, 0.25) is 0 Å². The Kier molecular flexibility index (Phi) is 8.30. The Morgan fingerprint density at radius 1 is 1.10 bits per heavy atom. The average Bonchev–Trinajstić information content (AvgIpc) is 2.66. The van der Waals surface area contributed by atoms with Gasteiger partial charge >= 0.3 is 0 Å².